The molecule has 1 fully saturated rings. The summed E-state index contributed by atoms with van der Waals surface area (Å²) >= 11 is 1.65. The average Bonchev–Trinajstić information content (AvgIpc) is 3.57. The number of ether oxygens (including phenoxy) is 1. The van der Waals surface area contributed by atoms with Crippen LogP contribution in [-0.4, -0.2) is 89.9 Å². The van der Waals surface area contributed by atoms with Crippen LogP contribution in [0.15, 0.2) is 36.4 Å². The number of hydrogen-bond acceptors (Lipinski definition) is 8. The van der Waals surface area contributed by atoms with Crippen LogP contribution in [0.5, 0.6) is 0 Å². The first kappa shape index (κ1) is 41.5. The molecular formula is C33H41F4N5O7S. The fourth-order valence-corrected chi connectivity index (χ4v) is 5.50. The van der Waals surface area contributed by atoms with Crippen molar-refractivity contribution in [3.8, 4) is 0 Å². The third-order valence-electron chi connectivity index (χ3n) is 7.12. The van der Waals surface area contributed by atoms with Crippen molar-refractivity contribution in [1.29, 1.82) is 0 Å². The summed E-state index contributed by atoms with van der Waals surface area (Å²) in [6, 6.07) is 2.31. The van der Waals surface area contributed by atoms with E-state index in [0.717, 1.165) is 36.1 Å². The quantitative estimate of drug-likeness (QED) is 0.180. The van der Waals surface area contributed by atoms with Gasteiger partial charge in [-0.25, -0.2) is 22.4 Å². The van der Waals surface area contributed by atoms with E-state index in [9.17, 15) is 46.3 Å². The fourth-order valence-electron chi connectivity index (χ4n) is 4.54. The number of nitrogens with one attached hydrogen (secondary N) is 4. The third-order valence-corrected chi connectivity index (χ3v) is 8.09. The molecule has 3 rings (SSSR count). The molecule has 17 heteroatoms. The molecule has 1 aliphatic rings. The fraction of sp³-hybridized carbons (Fsp3) is 0.455. The van der Waals surface area contributed by atoms with Crippen LogP contribution >= 0.6 is 11.8 Å². The first-order chi connectivity index (χ1) is 23.5. The molecule has 0 spiro atoms. The first-order valence-electron chi connectivity index (χ1n) is 15.6. The van der Waals surface area contributed by atoms with Crippen LogP contribution in [0.1, 0.15) is 45.2 Å². The molecular weight excluding hydrogens is 686 g/mol. The Morgan fingerprint density at radius 2 is 1.16 bits per heavy atom. The Kier molecular flexibility index (Phi) is 16.7. The molecule has 0 aliphatic carbocycles. The van der Waals surface area contributed by atoms with Crippen molar-refractivity contribution < 1.29 is 51.1 Å². The number of esters is 1. The predicted octanol–water partition coefficient (Wildman–Crippen LogP) is 2.13. The molecule has 4 atom stereocenters. The van der Waals surface area contributed by atoms with Crippen molar-refractivity contribution in [3.05, 3.63) is 70.8 Å². The van der Waals surface area contributed by atoms with E-state index >= 15 is 0 Å². The molecule has 0 saturated carbocycles. The summed E-state index contributed by atoms with van der Waals surface area (Å²) in [6.07, 6.45) is -0.200. The molecule has 1 aliphatic heterocycles. The zero-order chi connectivity index (χ0) is 37.5. The number of methoxy groups -OCH3 is 1. The number of amides is 5. The van der Waals surface area contributed by atoms with Crippen molar-refractivity contribution in [2.24, 2.45) is 0 Å². The van der Waals surface area contributed by atoms with Gasteiger partial charge in [-0.3, -0.25) is 24.0 Å². The Morgan fingerprint density at radius 3 is 1.54 bits per heavy atom. The minimum Gasteiger partial charge on any atom is -0.467 e. The van der Waals surface area contributed by atoms with Crippen LogP contribution < -0.4 is 21.3 Å². The third kappa shape index (κ3) is 14.1. The zero-order valence-electron chi connectivity index (χ0n) is 28.2. The van der Waals surface area contributed by atoms with E-state index in [-0.39, 0.29) is 29.9 Å². The summed E-state index contributed by atoms with van der Waals surface area (Å²) in [6.45, 7) is 6.85. The molecule has 50 heavy (non-hydrogen) atoms. The number of hydrogen-bond donors (Lipinski definition) is 4. The molecule has 1 saturated heterocycles. The number of carbonyl (C=O) groups is 6. The molecule has 0 radical (unpaired) electrons. The van der Waals surface area contributed by atoms with Gasteiger partial charge in [-0.1, -0.05) is 6.92 Å². The van der Waals surface area contributed by atoms with Crippen molar-refractivity contribution >= 4 is 47.3 Å². The SMILES string of the molecule is CC[C@H](NC(=O)[C@H](C)NC(=O)Cc1cc(F)cc(F)c1)C(=O)OC.C[C@H](NC(=O)Cc1cc(F)cc(F)c1)C(=O)N[C@@H](C)C(=O)N1CCSC1. The Hall–Kier alpha value is -4.67. The average molecular weight is 728 g/mol. The van der Waals surface area contributed by atoms with E-state index in [1.54, 1.807) is 30.5 Å². The topological polar surface area (TPSA) is 163 Å². The standard InChI is InChI=1S/C17H21F2N3O3S.C16H20F2N2O4/c1-10(16(24)21-11(2)17(25)22-3-4-26-9-22)20-15(23)7-12-5-13(18)8-14(19)6-12;1-4-13(16(23)24-3)20-15(22)9(2)19-14(21)7-10-5-11(17)8-12(18)6-10/h5-6,8,10-11H,3-4,7,9H2,1-2H3,(H,20,23)(H,21,24);5-6,8-9,13H,4,7H2,1-3H3,(H,19,21)(H,20,22)/t10-,11-;9-,13-/m00/s1. The van der Waals surface area contributed by atoms with Crippen LogP contribution in [-0.2, 0) is 46.3 Å². The van der Waals surface area contributed by atoms with Crippen LogP contribution in [0.2, 0.25) is 0 Å². The highest BCUT2D eigenvalue weighted by molar-refractivity contribution is 7.99. The van der Waals surface area contributed by atoms with E-state index in [4.69, 9.17) is 0 Å². The van der Waals surface area contributed by atoms with Crippen LogP contribution in [0, 0.1) is 23.3 Å². The number of nitrogens with zero attached hydrogens (tertiary/aromatic N) is 1. The Bertz CT molecular complexity index is 1500. The number of carbonyl (C=O) groups excluding carboxylic acids is 6. The largest absolute Gasteiger partial charge is 0.467 e. The van der Waals surface area contributed by atoms with E-state index in [0.29, 0.717) is 24.9 Å². The van der Waals surface area contributed by atoms with E-state index in [2.05, 4.69) is 26.0 Å². The lowest BCUT2D eigenvalue weighted by atomic mass is 10.1. The molecule has 12 nitrogen and oxygen atoms in total. The van der Waals surface area contributed by atoms with Gasteiger partial charge in [0, 0.05) is 24.4 Å². The van der Waals surface area contributed by atoms with Crippen LogP contribution in [0.25, 0.3) is 0 Å². The second-order valence-corrected chi connectivity index (χ2v) is 12.4. The van der Waals surface area contributed by atoms with Gasteiger partial charge in [-0.05, 0) is 62.6 Å². The van der Waals surface area contributed by atoms with Gasteiger partial charge in [0.2, 0.25) is 29.5 Å². The maximum Gasteiger partial charge on any atom is 0.328 e. The van der Waals surface area contributed by atoms with Crippen molar-refractivity contribution in [2.45, 2.75) is 71.1 Å². The van der Waals surface area contributed by atoms with Gasteiger partial charge >= 0.3 is 5.97 Å². The first-order valence-corrected chi connectivity index (χ1v) is 16.7. The highest BCUT2D eigenvalue weighted by atomic mass is 32.2. The number of benzene rings is 2. The Balaban J connectivity index is 0.000000348. The summed E-state index contributed by atoms with van der Waals surface area (Å²) in [5.74, 6) is -4.58. The van der Waals surface area contributed by atoms with Crippen LogP contribution in [0.4, 0.5) is 17.6 Å². The summed E-state index contributed by atoms with van der Waals surface area (Å²) in [7, 11) is 1.21. The van der Waals surface area contributed by atoms with E-state index < -0.39 is 77.0 Å². The van der Waals surface area contributed by atoms with Crippen LogP contribution in [0.3, 0.4) is 0 Å². The van der Waals surface area contributed by atoms with Gasteiger partial charge in [0.1, 0.15) is 47.4 Å². The summed E-state index contributed by atoms with van der Waals surface area (Å²) in [5.41, 5.74) is 0.321. The smallest absolute Gasteiger partial charge is 0.328 e. The Morgan fingerprint density at radius 1 is 0.720 bits per heavy atom. The lowest BCUT2D eigenvalue weighted by Crippen LogP contribution is -2.52. The van der Waals surface area contributed by atoms with Gasteiger partial charge in [0.15, 0.2) is 0 Å². The molecule has 0 bridgehead atoms. The normalized spacial score (nSPS) is 14.5. The van der Waals surface area contributed by atoms with Gasteiger partial charge < -0.3 is 30.9 Å². The molecule has 274 valence electrons. The lowest BCUT2D eigenvalue weighted by Gasteiger charge is -2.22. The number of halogens is 4. The molecule has 2 aromatic carbocycles. The van der Waals surface area contributed by atoms with Crippen molar-refractivity contribution in [1.82, 2.24) is 26.2 Å². The maximum absolute atomic E-state index is 13.1. The maximum atomic E-state index is 13.1. The van der Waals surface area contributed by atoms with Gasteiger partial charge in [-0.15, -0.1) is 11.8 Å². The second-order valence-electron chi connectivity index (χ2n) is 11.3. The summed E-state index contributed by atoms with van der Waals surface area (Å²) < 4.78 is 57.0. The Labute approximate surface area is 291 Å². The summed E-state index contributed by atoms with van der Waals surface area (Å²) in [5, 5.41) is 9.89. The minimum atomic E-state index is -0.922. The van der Waals surface area contributed by atoms with Crippen molar-refractivity contribution in [2.75, 3.05) is 25.3 Å². The lowest BCUT2D eigenvalue weighted by molar-refractivity contribution is -0.145. The molecule has 1 heterocycles. The highest BCUT2D eigenvalue weighted by Gasteiger charge is 2.27. The van der Waals surface area contributed by atoms with Gasteiger partial charge in [0.05, 0.1) is 25.8 Å². The second kappa shape index (κ2) is 20.1. The summed E-state index contributed by atoms with van der Waals surface area (Å²) in [4.78, 5) is 73.2. The zero-order valence-corrected chi connectivity index (χ0v) is 29.1. The molecule has 0 unspecified atom stereocenters. The number of thioether (sulfide) groups is 1. The van der Waals surface area contributed by atoms with Gasteiger partial charge in [-0.2, -0.15) is 0 Å². The minimum absolute atomic E-state index is 0.151. The van der Waals surface area contributed by atoms with Crippen molar-refractivity contribution in [3.63, 3.8) is 0 Å². The molecule has 4 N–H and O–H groups in total. The van der Waals surface area contributed by atoms with E-state index in [1.165, 1.54) is 21.0 Å². The van der Waals surface area contributed by atoms with E-state index in [1.807, 2.05) is 0 Å². The van der Waals surface area contributed by atoms with Gasteiger partial charge in [0.25, 0.3) is 0 Å². The highest BCUT2D eigenvalue weighted by Crippen LogP contribution is 2.14. The predicted molar refractivity (Wildman–Crippen MR) is 176 cm³/mol. The monoisotopic (exact) mass is 727 g/mol. The number of rotatable bonds is 13. The molecule has 5 amide bonds. The molecule has 2 aromatic rings. The molecule has 0 aromatic heterocycles.